The lowest BCUT2D eigenvalue weighted by Crippen LogP contribution is -2.58. The maximum Gasteiger partial charge on any atom is 0.120 e. The first-order valence-corrected chi connectivity index (χ1v) is 4.62. The minimum absolute atomic E-state index is 0.530. The SMILES string of the molecule is CC(CCC=O)N(C)C1CNC1. The van der Waals surface area contributed by atoms with Crippen LogP contribution in [0.4, 0.5) is 0 Å². The molecule has 0 aliphatic carbocycles. The molecule has 1 fully saturated rings. The zero-order valence-corrected chi connectivity index (χ0v) is 7.92. The quantitative estimate of drug-likeness (QED) is 0.601. The summed E-state index contributed by atoms with van der Waals surface area (Å²) >= 11 is 0. The van der Waals surface area contributed by atoms with Crippen molar-refractivity contribution in [3.05, 3.63) is 0 Å². The Morgan fingerprint density at radius 3 is 2.75 bits per heavy atom. The Hall–Kier alpha value is -0.410. The first-order valence-electron chi connectivity index (χ1n) is 4.62. The van der Waals surface area contributed by atoms with Crippen LogP contribution in [0.5, 0.6) is 0 Å². The van der Waals surface area contributed by atoms with E-state index in [4.69, 9.17) is 0 Å². The van der Waals surface area contributed by atoms with E-state index in [1.54, 1.807) is 0 Å². The molecule has 0 spiro atoms. The summed E-state index contributed by atoms with van der Waals surface area (Å²) in [6.45, 7) is 4.38. The molecule has 1 rings (SSSR count). The van der Waals surface area contributed by atoms with Gasteiger partial charge in [-0.1, -0.05) is 0 Å². The summed E-state index contributed by atoms with van der Waals surface area (Å²) in [6, 6.07) is 1.22. The molecular weight excluding hydrogens is 152 g/mol. The van der Waals surface area contributed by atoms with Crippen molar-refractivity contribution in [3.63, 3.8) is 0 Å². The highest BCUT2D eigenvalue weighted by molar-refractivity contribution is 5.49. The molecule has 12 heavy (non-hydrogen) atoms. The third kappa shape index (κ3) is 2.29. The van der Waals surface area contributed by atoms with Crippen molar-refractivity contribution >= 4 is 6.29 Å². The van der Waals surface area contributed by atoms with Crippen LogP contribution in [0.15, 0.2) is 0 Å². The van der Waals surface area contributed by atoms with Gasteiger partial charge in [-0.05, 0) is 20.4 Å². The van der Waals surface area contributed by atoms with Crippen molar-refractivity contribution in [1.29, 1.82) is 0 Å². The molecule has 0 amide bonds. The Morgan fingerprint density at radius 1 is 1.67 bits per heavy atom. The Morgan fingerprint density at radius 2 is 2.33 bits per heavy atom. The maximum atomic E-state index is 10.2. The molecule has 1 atom stereocenters. The van der Waals surface area contributed by atoms with E-state index in [2.05, 4.69) is 24.2 Å². The molecule has 70 valence electrons. The third-order valence-corrected chi connectivity index (χ3v) is 2.73. The standard InChI is InChI=1S/C9H18N2O/c1-8(4-3-5-12)11(2)9-6-10-7-9/h5,8-10H,3-4,6-7H2,1-2H3. The van der Waals surface area contributed by atoms with Gasteiger partial charge >= 0.3 is 0 Å². The number of nitrogens with zero attached hydrogens (tertiary/aromatic N) is 1. The topological polar surface area (TPSA) is 32.3 Å². The van der Waals surface area contributed by atoms with Gasteiger partial charge in [0.25, 0.3) is 0 Å². The molecule has 1 unspecified atom stereocenters. The summed E-state index contributed by atoms with van der Waals surface area (Å²) in [5.74, 6) is 0. The smallest absolute Gasteiger partial charge is 0.120 e. The molecule has 1 N–H and O–H groups in total. The van der Waals surface area contributed by atoms with E-state index in [0.717, 1.165) is 25.8 Å². The Balaban J connectivity index is 2.19. The van der Waals surface area contributed by atoms with Crippen LogP contribution in [-0.4, -0.2) is 43.4 Å². The van der Waals surface area contributed by atoms with Crippen molar-refractivity contribution in [2.75, 3.05) is 20.1 Å². The lowest BCUT2D eigenvalue weighted by molar-refractivity contribution is -0.108. The molecule has 0 bridgehead atoms. The first kappa shape index (κ1) is 9.68. The number of hydrogen-bond acceptors (Lipinski definition) is 3. The highest BCUT2D eigenvalue weighted by atomic mass is 16.1. The second kappa shape index (κ2) is 4.58. The lowest BCUT2D eigenvalue weighted by Gasteiger charge is -2.39. The van der Waals surface area contributed by atoms with Crippen molar-refractivity contribution in [1.82, 2.24) is 10.2 Å². The highest BCUT2D eigenvalue weighted by Gasteiger charge is 2.24. The summed E-state index contributed by atoms with van der Waals surface area (Å²) in [7, 11) is 2.14. The average Bonchev–Trinajstić information content (AvgIpc) is 1.96. The van der Waals surface area contributed by atoms with E-state index in [1.807, 2.05) is 0 Å². The number of carbonyl (C=O) groups excluding carboxylic acids is 1. The normalized spacial score (nSPS) is 20.6. The van der Waals surface area contributed by atoms with E-state index in [-0.39, 0.29) is 0 Å². The number of likely N-dealkylation sites (N-methyl/N-ethyl adjacent to an activating group) is 1. The van der Waals surface area contributed by atoms with Gasteiger partial charge in [-0.25, -0.2) is 0 Å². The molecule has 1 aliphatic heterocycles. The predicted molar refractivity (Wildman–Crippen MR) is 49.2 cm³/mol. The summed E-state index contributed by atoms with van der Waals surface area (Å²) in [5, 5.41) is 3.24. The highest BCUT2D eigenvalue weighted by Crippen LogP contribution is 2.10. The summed E-state index contributed by atoms with van der Waals surface area (Å²) in [4.78, 5) is 12.5. The predicted octanol–water partition coefficient (Wildman–Crippen LogP) is 0.258. The largest absolute Gasteiger partial charge is 0.314 e. The van der Waals surface area contributed by atoms with Crippen molar-refractivity contribution in [2.24, 2.45) is 0 Å². The molecule has 1 heterocycles. The van der Waals surface area contributed by atoms with E-state index in [1.165, 1.54) is 0 Å². The Kier molecular flexibility index (Phi) is 3.69. The Labute approximate surface area is 74.1 Å². The number of aldehydes is 1. The number of rotatable bonds is 5. The van der Waals surface area contributed by atoms with Gasteiger partial charge in [0.2, 0.25) is 0 Å². The molecule has 1 saturated heterocycles. The average molecular weight is 170 g/mol. The fourth-order valence-corrected chi connectivity index (χ4v) is 1.43. The van der Waals surface area contributed by atoms with Crippen LogP contribution in [-0.2, 0) is 4.79 Å². The van der Waals surface area contributed by atoms with Gasteiger partial charge in [0.1, 0.15) is 6.29 Å². The van der Waals surface area contributed by atoms with E-state index in [9.17, 15) is 4.79 Å². The van der Waals surface area contributed by atoms with E-state index < -0.39 is 0 Å². The number of carbonyl (C=O) groups is 1. The lowest BCUT2D eigenvalue weighted by atomic mass is 10.1. The van der Waals surface area contributed by atoms with Gasteiger partial charge in [0, 0.05) is 31.6 Å². The number of hydrogen-bond donors (Lipinski definition) is 1. The summed E-state index contributed by atoms with van der Waals surface area (Å²) in [6.07, 6.45) is 2.67. The molecule has 0 aromatic rings. The fraction of sp³-hybridized carbons (Fsp3) is 0.889. The summed E-state index contributed by atoms with van der Waals surface area (Å²) < 4.78 is 0. The molecule has 0 radical (unpaired) electrons. The van der Waals surface area contributed by atoms with Crippen LogP contribution >= 0.6 is 0 Å². The Bertz CT molecular complexity index is 145. The molecule has 0 aromatic carbocycles. The number of nitrogens with one attached hydrogen (secondary N) is 1. The van der Waals surface area contributed by atoms with Crippen LogP contribution in [0, 0.1) is 0 Å². The van der Waals surface area contributed by atoms with Gasteiger partial charge in [0.15, 0.2) is 0 Å². The van der Waals surface area contributed by atoms with Gasteiger partial charge in [0.05, 0.1) is 0 Å². The zero-order chi connectivity index (χ0) is 8.97. The molecule has 3 heteroatoms. The first-order chi connectivity index (χ1) is 5.75. The van der Waals surface area contributed by atoms with Crippen molar-refractivity contribution < 1.29 is 4.79 Å². The summed E-state index contributed by atoms with van der Waals surface area (Å²) in [5.41, 5.74) is 0. The van der Waals surface area contributed by atoms with Crippen molar-refractivity contribution in [3.8, 4) is 0 Å². The molecule has 1 aliphatic rings. The molecule has 0 aromatic heterocycles. The van der Waals surface area contributed by atoms with Crippen LogP contribution < -0.4 is 5.32 Å². The van der Waals surface area contributed by atoms with Crippen LogP contribution in [0.25, 0.3) is 0 Å². The van der Waals surface area contributed by atoms with E-state index in [0.29, 0.717) is 18.5 Å². The van der Waals surface area contributed by atoms with Gasteiger partial charge in [-0.2, -0.15) is 0 Å². The molecule has 0 saturated carbocycles. The van der Waals surface area contributed by atoms with Gasteiger partial charge in [-0.3, -0.25) is 4.90 Å². The minimum Gasteiger partial charge on any atom is -0.314 e. The van der Waals surface area contributed by atoms with E-state index >= 15 is 0 Å². The monoisotopic (exact) mass is 170 g/mol. The second-order valence-corrected chi connectivity index (χ2v) is 3.57. The molecule has 3 nitrogen and oxygen atoms in total. The van der Waals surface area contributed by atoms with Crippen LogP contribution in [0.3, 0.4) is 0 Å². The van der Waals surface area contributed by atoms with Gasteiger partial charge < -0.3 is 10.1 Å². The zero-order valence-electron chi connectivity index (χ0n) is 7.92. The third-order valence-electron chi connectivity index (χ3n) is 2.73. The molecular formula is C9H18N2O. The van der Waals surface area contributed by atoms with Crippen LogP contribution in [0.2, 0.25) is 0 Å². The fourth-order valence-electron chi connectivity index (χ4n) is 1.43. The van der Waals surface area contributed by atoms with Crippen molar-refractivity contribution in [2.45, 2.75) is 31.8 Å². The minimum atomic E-state index is 0.530. The van der Waals surface area contributed by atoms with Gasteiger partial charge in [-0.15, -0.1) is 0 Å². The van der Waals surface area contributed by atoms with Crippen LogP contribution in [0.1, 0.15) is 19.8 Å². The maximum absolute atomic E-state index is 10.2. The second-order valence-electron chi connectivity index (χ2n) is 3.57.